The van der Waals surface area contributed by atoms with Gasteiger partial charge < -0.3 is 19.6 Å². The topological polar surface area (TPSA) is 71.7 Å². The van der Waals surface area contributed by atoms with Gasteiger partial charge in [-0.1, -0.05) is 0 Å². The number of nitrogens with one attached hydrogen (secondary N) is 1. The molecule has 1 heterocycles. The summed E-state index contributed by atoms with van der Waals surface area (Å²) in [7, 11) is 0. The number of hydrogen-bond acceptors (Lipinski definition) is 4. The van der Waals surface area contributed by atoms with Gasteiger partial charge in [0.05, 0.1) is 24.5 Å². The molecule has 17 heavy (non-hydrogen) atoms. The normalized spacial score (nSPS) is 16.8. The zero-order valence-electron chi connectivity index (χ0n) is 9.59. The predicted molar refractivity (Wildman–Crippen MR) is 60.6 cm³/mol. The van der Waals surface area contributed by atoms with E-state index in [1.54, 1.807) is 6.07 Å². The first-order valence-corrected chi connectivity index (χ1v) is 5.82. The van der Waals surface area contributed by atoms with Gasteiger partial charge in [-0.2, -0.15) is 0 Å². The Bertz CT molecular complexity index is 345. The van der Waals surface area contributed by atoms with E-state index in [0.717, 1.165) is 0 Å². The van der Waals surface area contributed by atoms with Gasteiger partial charge >= 0.3 is 0 Å². The average Bonchev–Trinajstić information content (AvgIpc) is 2.97. The highest BCUT2D eigenvalue weighted by atomic mass is 16.5. The zero-order valence-corrected chi connectivity index (χ0v) is 9.59. The van der Waals surface area contributed by atoms with Crippen LogP contribution in [-0.4, -0.2) is 36.9 Å². The van der Waals surface area contributed by atoms with Crippen molar-refractivity contribution in [1.29, 1.82) is 0 Å². The van der Waals surface area contributed by atoms with Gasteiger partial charge in [0.25, 0.3) is 5.91 Å². The van der Waals surface area contributed by atoms with Gasteiger partial charge in [-0.05, 0) is 24.8 Å². The predicted octanol–water partition coefficient (Wildman–Crippen LogP) is 0.797. The Kier molecular flexibility index (Phi) is 4.17. The minimum atomic E-state index is -0.662. The molecule has 1 aliphatic carbocycles. The van der Waals surface area contributed by atoms with Crippen molar-refractivity contribution in [2.24, 2.45) is 5.92 Å². The lowest BCUT2D eigenvalue weighted by molar-refractivity contribution is 0.0320. The maximum absolute atomic E-state index is 11.5. The Hall–Kier alpha value is -1.33. The molecule has 0 aromatic carbocycles. The summed E-state index contributed by atoms with van der Waals surface area (Å²) in [5.41, 5.74) is 0.455. The van der Waals surface area contributed by atoms with E-state index in [1.807, 2.05) is 0 Å². The van der Waals surface area contributed by atoms with Gasteiger partial charge in [-0.3, -0.25) is 4.79 Å². The van der Waals surface area contributed by atoms with Gasteiger partial charge in [0.15, 0.2) is 0 Å². The van der Waals surface area contributed by atoms with Gasteiger partial charge in [0.1, 0.15) is 6.26 Å². The first kappa shape index (κ1) is 12.1. The van der Waals surface area contributed by atoms with Crippen molar-refractivity contribution in [2.45, 2.75) is 18.9 Å². The number of furan rings is 1. The first-order chi connectivity index (χ1) is 8.25. The number of carbonyl (C=O) groups is 1. The molecule has 1 unspecified atom stereocenters. The highest BCUT2D eigenvalue weighted by Gasteiger charge is 2.21. The monoisotopic (exact) mass is 239 g/mol. The lowest BCUT2D eigenvalue weighted by Gasteiger charge is -2.11. The SMILES string of the molecule is O=C(NCC(O)COCC1CC1)c1ccoc1. The van der Waals surface area contributed by atoms with Crippen LogP contribution in [0.15, 0.2) is 23.0 Å². The van der Waals surface area contributed by atoms with Crippen LogP contribution in [0.25, 0.3) is 0 Å². The standard InChI is InChI=1S/C12H17NO4/c14-11(8-17-6-9-1-2-9)5-13-12(15)10-3-4-16-7-10/h3-4,7,9,11,14H,1-2,5-6,8H2,(H,13,15). The third kappa shape index (κ3) is 4.20. The third-order valence-electron chi connectivity index (χ3n) is 2.64. The molecule has 0 saturated heterocycles. The van der Waals surface area contributed by atoms with Crippen LogP contribution in [0.3, 0.4) is 0 Å². The molecule has 94 valence electrons. The first-order valence-electron chi connectivity index (χ1n) is 5.82. The summed E-state index contributed by atoms with van der Waals surface area (Å²) < 4.78 is 10.1. The Balaban J connectivity index is 1.58. The molecular formula is C12H17NO4. The van der Waals surface area contributed by atoms with Gasteiger partial charge in [0, 0.05) is 13.2 Å². The fraction of sp³-hybridized carbons (Fsp3) is 0.583. The molecule has 5 nitrogen and oxygen atoms in total. The van der Waals surface area contributed by atoms with Crippen molar-refractivity contribution < 1.29 is 19.1 Å². The van der Waals surface area contributed by atoms with E-state index in [4.69, 9.17) is 9.15 Å². The summed E-state index contributed by atoms with van der Waals surface area (Å²) in [5.74, 6) is 0.433. The Morgan fingerprint density at radius 3 is 3.12 bits per heavy atom. The van der Waals surface area contributed by atoms with E-state index in [2.05, 4.69) is 5.32 Å². The van der Waals surface area contributed by atoms with Crippen LogP contribution < -0.4 is 5.32 Å². The maximum Gasteiger partial charge on any atom is 0.254 e. The molecule has 5 heteroatoms. The molecule has 1 saturated carbocycles. The molecule has 2 N–H and O–H groups in total. The number of aliphatic hydroxyl groups excluding tert-OH is 1. The van der Waals surface area contributed by atoms with Crippen molar-refractivity contribution in [2.75, 3.05) is 19.8 Å². The van der Waals surface area contributed by atoms with Crippen LogP contribution >= 0.6 is 0 Å². The fourth-order valence-corrected chi connectivity index (χ4v) is 1.42. The van der Waals surface area contributed by atoms with Crippen molar-refractivity contribution in [3.8, 4) is 0 Å². The minimum Gasteiger partial charge on any atom is -0.472 e. The number of amides is 1. The Morgan fingerprint density at radius 1 is 1.65 bits per heavy atom. The van der Waals surface area contributed by atoms with E-state index in [1.165, 1.54) is 25.4 Å². The van der Waals surface area contributed by atoms with E-state index < -0.39 is 6.10 Å². The lowest BCUT2D eigenvalue weighted by Crippen LogP contribution is -2.34. The number of ether oxygens (including phenoxy) is 1. The largest absolute Gasteiger partial charge is 0.472 e. The lowest BCUT2D eigenvalue weighted by atomic mass is 10.3. The second-order valence-electron chi connectivity index (χ2n) is 4.36. The van der Waals surface area contributed by atoms with Gasteiger partial charge in [-0.15, -0.1) is 0 Å². The highest BCUT2D eigenvalue weighted by Crippen LogP contribution is 2.28. The molecule has 1 amide bonds. The van der Waals surface area contributed by atoms with E-state index >= 15 is 0 Å². The summed E-state index contributed by atoms with van der Waals surface area (Å²) >= 11 is 0. The van der Waals surface area contributed by atoms with Crippen LogP contribution in [0, 0.1) is 5.92 Å². The number of rotatable bonds is 7. The summed E-state index contributed by atoms with van der Waals surface area (Å²) in [6.45, 7) is 1.17. The van der Waals surface area contributed by atoms with Crippen molar-refractivity contribution in [3.05, 3.63) is 24.2 Å². The van der Waals surface area contributed by atoms with Gasteiger partial charge in [-0.25, -0.2) is 0 Å². The molecule has 1 atom stereocenters. The molecule has 1 aromatic heterocycles. The zero-order chi connectivity index (χ0) is 12.1. The molecule has 2 rings (SSSR count). The molecule has 1 aromatic rings. The van der Waals surface area contributed by atoms with Gasteiger partial charge in [0.2, 0.25) is 0 Å². The second-order valence-corrected chi connectivity index (χ2v) is 4.36. The van der Waals surface area contributed by atoms with Crippen molar-refractivity contribution in [3.63, 3.8) is 0 Å². The summed E-state index contributed by atoms with van der Waals surface area (Å²) in [5, 5.41) is 12.2. The van der Waals surface area contributed by atoms with E-state index in [9.17, 15) is 9.90 Å². The average molecular weight is 239 g/mol. The quantitative estimate of drug-likeness (QED) is 0.738. The second kappa shape index (κ2) is 5.84. The molecule has 1 aliphatic rings. The Morgan fingerprint density at radius 2 is 2.47 bits per heavy atom. The minimum absolute atomic E-state index is 0.189. The van der Waals surface area contributed by atoms with Crippen molar-refractivity contribution >= 4 is 5.91 Å². The molecule has 0 radical (unpaired) electrons. The van der Waals surface area contributed by atoms with Crippen LogP contribution in [0.1, 0.15) is 23.2 Å². The molecular weight excluding hydrogens is 222 g/mol. The molecule has 0 aliphatic heterocycles. The molecule has 0 spiro atoms. The number of carbonyl (C=O) groups excluding carboxylic acids is 1. The maximum atomic E-state index is 11.5. The Labute approximate surface area is 99.8 Å². The van der Waals surface area contributed by atoms with Crippen LogP contribution in [0.5, 0.6) is 0 Å². The highest BCUT2D eigenvalue weighted by molar-refractivity contribution is 5.93. The number of aliphatic hydroxyl groups is 1. The molecule has 1 fully saturated rings. The summed E-state index contributed by atoms with van der Waals surface area (Å²) in [4.78, 5) is 11.5. The number of hydrogen-bond donors (Lipinski definition) is 2. The van der Waals surface area contributed by atoms with E-state index in [0.29, 0.717) is 18.1 Å². The molecule has 0 bridgehead atoms. The third-order valence-corrected chi connectivity index (χ3v) is 2.64. The summed E-state index contributed by atoms with van der Waals surface area (Å²) in [6, 6.07) is 1.57. The van der Waals surface area contributed by atoms with E-state index in [-0.39, 0.29) is 19.1 Å². The fourth-order valence-electron chi connectivity index (χ4n) is 1.42. The summed E-state index contributed by atoms with van der Waals surface area (Å²) in [6.07, 6.45) is 4.60. The van der Waals surface area contributed by atoms with Crippen molar-refractivity contribution in [1.82, 2.24) is 5.32 Å². The smallest absolute Gasteiger partial charge is 0.254 e. The van der Waals surface area contributed by atoms with Crippen LogP contribution in [-0.2, 0) is 4.74 Å². The van der Waals surface area contributed by atoms with Crippen LogP contribution in [0.4, 0.5) is 0 Å². The van der Waals surface area contributed by atoms with Crippen LogP contribution in [0.2, 0.25) is 0 Å².